The van der Waals surface area contributed by atoms with Crippen LogP contribution in [0.3, 0.4) is 0 Å². The number of thiophene rings is 1. The van der Waals surface area contributed by atoms with Crippen molar-refractivity contribution in [1.29, 1.82) is 0 Å². The summed E-state index contributed by atoms with van der Waals surface area (Å²) in [6.45, 7) is 1.97. The standard InChI is InChI=1S/C20H20N2O4S/c1-13(14-6-8-15(25-3)9-7-14)22(2)20(24)17-10-11-18(27-17)21-19(23)16-5-4-12-26-16/h4-13H,1-3H3,(H,21,23). The highest BCUT2D eigenvalue weighted by atomic mass is 32.1. The minimum atomic E-state index is -0.346. The topological polar surface area (TPSA) is 71.8 Å². The fraction of sp³-hybridized carbons (Fsp3) is 0.200. The van der Waals surface area contributed by atoms with Crippen LogP contribution in [0.25, 0.3) is 0 Å². The lowest BCUT2D eigenvalue weighted by Gasteiger charge is -2.25. The number of furan rings is 1. The van der Waals surface area contributed by atoms with Gasteiger partial charge < -0.3 is 19.4 Å². The maximum atomic E-state index is 12.8. The molecule has 3 rings (SSSR count). The van der Waals surface area contributed by atoms with E-state index in [1.54, 1.807) is 43.3 Å². The number of hydrogen-bond acceptors (Lipinski definition) is 5. The molecule has 6 nitrogen and oxygen atoms in total. The van der Waals surface area contributed by atoms with Crippen LogP contribution in [0.2, 0.25) is 0 Å². The zero-order valence-electron chi connectivity index (χ0n) is 15.3. The summed E-state index contributed by atoms with van der Waals surface area (Å²) >= 11 is 1.23. The Morgan fingerprint density at radius 1 is 1.15 bits per heavy atom. The van der Waals surface area contributed by atoms with Crippen molar-refractivity contribution >= 4 is 28.2 Å². The van der Waals surface area contributed by atoms with Gasteiger partial charge in [-0.2, -0.15) is 0 Å². The van der Waals surface area contributed by atoms with E-state index in [-0.39, 0.29) is 23.6 Å². The molecular formula is C20H20N2O4S. The van der Waals surface area contributed by atoms with Crippen LogP contribution in [0.15, 0.2) is 59.2 Å². The minimum Gasteiger partial charge on any atom is -0.497 e. The molecule has 1 atom stereocenters. The van der Waals surface area contributed by atoms with E-state index in [4.69, 9.17) is 9.15 Å². The highest BCUT2D eigenvalue weighted by molar-refractivity contribution is 7.18. The maximum Gasteiger partial charge on any atom is 0.291 e. The summed E-state index contributed by atoms with van der Waals surface area (Å²) in [4.78, 5) is 27.0. The molecule has 2 aromatic heterocycles. The molecule has 0 bridgehead atoms. The number of amides is 2. The zero-order valence-corrected chi connectivity index (χ0v) is 16.1. The summed E-state index contributed by atoms with van der Waals surface area (Å²) in [5.41, 5.74) is 1.01. The lowest BCUT2D eigenvalue weighted by Crippen LogP contribution is -2.29. The Bertz CT molecular complexity index is 916. The first-order valence-electron chi connectivity index (χ1n) is 8.35. The van der Waals surface area contributed by atoms with E-state index < -0.39 is 0 Å². The number of methoxy groups -OCH3 is 1. The number of nitrogens with one attached hydrogen (secondary N) is 1. The van der Waals surface area contributed by atoms with Gasteiger partial charge in [-0.15, -0.1) is 11.3 Å². The number of benzene rings is 1. The summed E-state index contributed by atoms with van der Waals surface area (Å²) in [5.74, 6) is 0.541. The molecule has 27 heavy (non-hydrogen) atoms. The molecule has 1 aromatic carbocycles. The van der Waals surface area contributed by atoms with Crippen LogP contribution >= 0.6 is 11.3 Å². The van der Waals surface area contributed by atoms with Crippen molar-refractivity contribution < 1.29 is 18.7 Å². The molecule has 0 saturated heterocycles. The van der Waals surface area contributed by atoms with Gasteiger partial charge in [0, 0.05) is 7.05 Å². The second kappa shape index (κ2) is 8.09. The zero-order chi connectivity index (χ0) is 19.4. The number of hydrogen-bond donors (Lipinski definition) is 1. The predicted molar refractivity (Wildman–Crippen MR) is 104 cm³/mol. The average Bonchev–Trinajstić information content (AvgIpc) is 3.38. The van der Waals surface area contributed by atoms with Crippen LogP contribution in [0, 0.1) is 0 Å². The Morgan fingerprint density at radius 3 is 2.52 bits per heavy atom. The highest BCUT2D eigenvalue weighted by Crippen LogP contribution is 2.27. The fourth-order valence-electron chi connectivity index (χ4n) is 2.56. The third-order valence-corrected chi connectivity index (χ3v) is 5.29. The SMILES string of the molecule is COc1ccc(C(C)N(C)C(=O)c2ccc(NC(=O)c3ccco3)s2)cc1. The van der Waals surface area contributed by atoms with Crippen molar-refractivity contribution in [3.8, 4) is 5.75 Å². The van der Waals surface area contributed by atoms with E-state index in [0.717, 1.165) is 11.3 Å². The molecular weight excluding hydrogens is 364 g/mol. The van der Waals surface area contributed by atoms with Crippen LogP contribution in [-0.2, 0) is 0 Å². The molecule has 0 saturated carbocycles. The van der Waals surface area contributed by atoms with E-state index in [1.165, 1.54) is 17.6 Å². The van der Waals surface area contributed by atoms with Crippen molar-refractivity contribution in [2.45, 2.75) is 13.0 Å². The molecule has 2 amide bonds. The largest absolute Gasteiger partial charge is 0.497 e. The second-order valence-electron chi connectivity index (χ2n) is 5.96. The van der Waals surface area contributed by atoms with Gasteiger partial charge in [-0.25, -0.2) is 0 Å². The van der Waals surface area contributed by atoms with Crippen LogP contribution in [-0.4, -0.2) is 30.9 Å². The van der Waals surface area contributed by atoms with Gasteiger partial charge in [-0.05, 0) is 48.9 Å². The number of carbonyl (C=O) groups is 2. The highest BCUT2D eigenvalue weighted by Gasteiger charge is 2.21. The van der Waals surface area contributed by atoms with E-state index in [2.05, 4.69) is 5.32 Å². The maximum absolute atomic E-state index is 12.8. The third kappa shape index (κ3) is 4.20. The van der Waals surface area contributed by atoms with Crippen LogP contribution in [0.1, 0.15) is 38.8 Å². The van der Waals surface area contributed by atoms with E-state index in [1.807, 2.05) is 31.2 Å². The Balaban J connectivity index is 1.67. The predicted octanol–water partition coefficient (Wildman–Crippen LogP) is 4.44. The van der Waals surface area contributed by atoms with Gasteiger partial charge in [0.05, 0.1) is 29.3 Å². The summed E-state index contributed by atoms with van der Waals surface area (Å²) in [6, 6.07) is 14.2. The first kappa shape index (κ1) is 18.7. The quantitative estimate of drug-likeness (QED) is 0.682. The van der Waals surface area contributed by atoms with Crippen LogP contribution < -0.4 is 10.1 Å². The first-order valence-corrected chi connectivity index (χ1v) is 9.17. The summed E-state index contributed by atoms with van der Waals surface area (Å²) in [5, 5.41) is 3.32. The van der Waals surface area contributed by atoms with Crippen LogP contribution in [0.5, 0.6) is 5.75 Å². The molecule has 2 heterocycles. The number of anilines is 1. The lowest BCUT2D eigenvalue weighted by molar-refractivity contribution is 0.0747. The second-order valence-corrected chi connectivity index (χ2v) is 7.04. The lowest BCUT2D eigenvalue weighted by atomic mass is 10.1. The summed E-state index contributed by atoms with van der Waals surface area (Å²) in [7, 11) is 3.38. The smallest absolute Gasteiger partial charge is 0.291 e. The van der Waals surface area contributed by atoms with E-state index in [9.17, 15) is 9.59 Å². The number of carbonyl (C=O) groups excluding carboxylic acids is 2. The first-order chi connectivity index (χ1) is 13.0. The molecule has 0 aliphatic heterocycles. The monoisotopic (exact) mass is 384 g/mol. The average molecular weight is 384 g/mol. The summed E-state index contributed by atoms with van der Waals surface area (Å²) < 4.78 is 10.2. The molecule has 1 unspecified atom stereocenters. The summed E-state index contributed by atoms with van der Waals surface area (Å²) in [6.07, 6.45) is 1.44. The van der Waals surface area contributed by atoms with Gasteiger partial charge >= 0.3 is 0 Å². The number of nitrogens with zero attached hydrogens (tertiary/aromatic N) is 1. The molecule has 0 spiro atoms. The van der Waals surface area contributed by atoms with Gasteiger partial charge in [0.2, 0.25) is 0 Å². The van der Waals surface area contributed by atoms with Gasteiger partial charge in [0.1, 0.15) is 5.75 Å². The van der Waals surface area contributed by atoms with Crippen molar-refractivity contribution in [2.75, 3.05) is 19.5 Å². The molecule has 140 valence electrons. The van der Waals surface area contributed by atoms with Crippen molar-refractivity contribution in [1.82, 2.24) is 4.90 Å². The molecule has 0 aliphatic rings. The molecule has 0 radical (unpaired) electrons. The Morgan fingerprint density at radius 2 is 1.89 bits per heavy atom. The van der Waals surface area contributed by atoms with Gasteiger partial charge in [0.25, 0.3) is 11.8 Å². The fourth-order valence-corrected chi connectivity index (χ4v) is 3.44. The van der Waals surface area contributed by atoms with Crippen molar-refractivity contribution in [3.05, 3.63) is 71.0 Å². The normalized spacial score (nSPS) is 11.7. The molecule has 0 aliphatic carbocycles. The Hall–Kier alpha value is -3.06. The molecule has 1 N–H and O–H groups in total. The third-order valence-electron chi connectivity index (χ3n) is 4.30. The van der Waals surface area contributed by atoms with Crippen molar-refractivity contribution in [3.63, 3.8) is 0 Å². The van der Waals surface area contributed by atoms with E-state index >= 15 is 0 Å². The van der Waals surface area contributed by atoms with Crippen molar-refractivity contribution in [2.24, 2.45) is 0 Å². The molecule has 7 heteroatoms. The van der Waals surface area contributed by atoms with Gasteiger partial charge in [-0.1, -0.05) is 12.1 Å². The van der Waals surface area contributed by atoms with Gasteiger partial charge in [0.15, 0.2) is 5.76 Å². The number of ether oxygens (including phenoxy) is 1. The van der Waals surface area contributed by atoms with E-state index in [0.29, 0.717) is 9.88 Å². The van der Waals surface area contributed by atoms with Gasteiger partial charge in [-0.3, -0.25) is 9.59 Å². The molecule has 3 aromatic rings. The Kier molecular flexibility index (Phi) is 5.61. The molecule has 0 fully saturated rings. The Labute approximate surface area is 161 Å². The van der Waals surface area contributed by atoms with Crippen LogP contribution in [0.4, 0.5) is 5.00 Å². The minimum absolute atomic E-state index is 0.105. The number of rotatable bonds is 6.